The first-order valence-corrected chi connectivity index (χ1v) is 8.61. The van der Waals surface area contributed by atoms with Crippen LogP contribution in [-0.4, -0.2) is 26.2 Å². The number of carbonyl (C=O) groups excluding carboxylic acids is 1. The van der Waals surface area contributed by atoms with Gasteiger partial charge < -0.3 is 20.1 Å². The summed E-state index contributed by atoms with van der Waals surface area (Å²) in [6, 6.07) is 13.5. The van der Waals surface area contributed by atoms with Gasteiger partial charge in [-0.2, -0.15) is 0 Å². The van der Waals surface area contributed by atoms with Crippen LogP contribution < -0.4 is 20.1 Å². The second kappa shape index (κ2) is 8.03. The zero-order chi connectivity index (χ0) is 17.6. The molecule has 25 heavy (non-hydrogen) atoms. The summed E-state index contributed by atoms with van der Waals surface area (Å²) in [5.41, 5.74) is 3.28. The van der Waals surface area contributed by atoms with Crippen molar-refractivity contribution in [3.63, 3.8) is 0 Å². The Balaban J connectivity index is 1.67. The molecule has 132 valence electrons. The summed E-state index contributed by atoms with van der Waals surface area (Å²) in [6.07, 6.45) is 0.954. The standard InChI is InChI=1S/C20H24N2O3/c1-3-25-17-9-8-14(12-18(17)24-2)13-22-20(23)19-16-7-5-4-6-15(16)10-11-21-19/h4-9,12,19,21H,3,10-11,13H2,1-2H3,(H,22,23). The van der Waals surface area contributed by atoms with Crippen molar-refractivity contribution in [3.8, 4) is 11.5 Å². The van der Waals surface area contributed by atoms with E-state index in [1.54, 1.807) is 7.11 Å². The molecule has 1 heterocycles. The van der Waals surface area contributed by atoms with Gasteiger partial charge in [-0.3, -0.25) is 4.79 Å². The Morgan fingerprint density at radius 2 is 2.08 bits per heavy atom. The van der Waals surface area contributed by atoms with E-state index in [0.717, 1.165) is 24.1 Å². The predicted molar refractivity (Wildman–Crippen MR) is 96.9 cm³/mol. The van der Waals surface area contributed by atoms with Crippen molar-refractivity contribution in [2.75, 3.05) is 20.3 Å². The molecular weight excluding hydrogens is 316 g/mol. The molecule has 1 aliphatic heterocycles. The Labute approximate surface area is 148 Å². The summed E-state index contributed by atoms with van der Waals surface area (Å²) < 4.78 is 10.9. The molecule has 2 N–H and O–H groups in total. The van der Waals surface area contributed by atoms with Crippen molar-refractivity contribution >= 4 is 5.91 Å². The Morgan fingerprint density at radius 1 is 1.24 bits per heavy atom. The Kier molecular flexibility index (Phi) is 5.56. The van der Waals surface area contributed by atoms with Crippen LogP contribution in [0.1, 0.15) is 29.7 Å². The van der Waals surface area contributed by atoms with Crippen LogP contribution in [0.2, 0.25) is 0 Å². The lowest BCUT2D eigenvalue weighted by atomic mass is 9.94. The van der Waals surface area contributed by atoms with Crippen molar-refractivity contribution < 1.29 is 14.3 Å². The molecule has 2 aromatic carbocycles. The number of rotatable bonds is 6. The molecule has 2 aromatic rings. The molecule has 0 saturated heterocycles. The quantitative estimate of drug-likeness (QED) is 0.849. The van der Waals surface area contributed by atoms with Gasteiger partial charge in [-0.1, -0.05) is 30.3 Å². The van der Waals surface area contributed by atoms with Crippen LogP contribution in [0.5, 0.6) is 11.5 Å². The van der Waals surface area contributed by atoms with E-state index in [0.29, 0.717) is 24.7 Å². The molecule has 0 aromatic heterocycles. The SMILES string of the molecule is CCOc1ccc(CNC(=O)C2NCCc3ccccc32)cc1OC. The minimum atomic E-state index is -0.297. The second-order valence-electron chi connectivity index (χ2n) is 5.97. The number of ether oxygens (including phenoxy) is 2. The highest BCUT2D eigenvalue weighted by Crippen LogP contribution is 2.28. The summed E-state index contributed by atoms with van der Waals surface area (Å²) in [7, 11) is 1.61. The minimum Gasteiger partial charge on any atom is -0.493 e. The zero-order valence-electron chi connectivity index (χ0n) is 14.7. The molecule has 3 rings (SSSR count). The van der Waals surface area contributed by atoms with Crippen molar-refractivity contribution in [1.82, 2.24) is 10.6 Å². The highest BCUT2D eigenvalue weighted by Gasteiger charge is 2.25. The Bertz CT molecular complexity index is 745. The molecule has 1 amide bonds. The van der Waals surface area contributed by atoms with Crippen molar-refractivity contribution in [2.24, 2.45) is 0 Å². The number of benzene rings is 2. The minimum absolute atomic E-state index is 0.0139. The fourth-order valence-electron chi connectivity index (χ4n) is 3.13. The molecule has 5 heteroatoms. The van der Waals surface area contributed by atoms with Crippen LogP contribution in [0.3, 0.4) is 0 Å². The van der Waals surface area contributed by atoms with Crippen LogP contribution in [-0.2, 0) is 17.8 Å². The number of fused-ring (bicyclic) bond motifs is 1. The van der Waals surface area contributed by atoms with Gasteiger partial charge in [-0.25, -0.2) is 0 Å². The maximum atomic E-state index is 12.6. The fourth-order valence-corrected chi connectivity index (χ4v) is 3.13. The van der Waals surface area contributed by atoms with Crippen LogP contribution in [0, 0.1) is 0 Å². The summed E-state index contributed by atoms with van der Waals surface area (Å²) in [5.74, 6) is 1.37. The van der Waals surface area contributed by atoms with Gasteiger partial charge in [0.1, 0.15) is 6.04 Å². The lowest BCUT2D eigenvalue weighted by Gasteiger charge is -2.26. The summed E-state index contributed by atoms with van der Waals surface area (Å²) >= 11 is 0. The number of methoxy groups -OCH3 is 1. The summed E-state index contributed by atoms with van der Waals surface area (Å²) in [5, 5.41) is 6.32. The van der Waals surface area contributed by atoms with E-state index < -0.39 is 0 Å². The highest BCUT2D eigenvalue weighted by atomic mass is 16.5. The average molecular weight is 340 g/mol. The normalized spacial score (nSPS) is 16.0. The average Bonchev–Trinajstić information content (AvgIpc) is 2.66. The third-order valence-corrected chi connectivity index (χ3v) is 4.37. The predicted octanol–water partition coefficient (Wildman–Crippen LogP) is 2.60. The van der Waals surface area contributed by atoms with Gasteiger partial charge in [-0.15, -0.1) is 0 Å². The summed E-state index contributed by atoms with van der Waals surface area (Å²) in [6.45, 7) is 3.77. The van der Waals surface area contributed by atoms with E-state index in [2.05, 4.69) is 16.7 Å². The maximum absolute atomic E-state index is 12.6. The molecule has 0 aliphatic carbocycles. The van der Waals surface area contributed by atoms with Crippen LogP contribution in [0.15, 0.2) is 42.5 Å². The van der Waals surface area contributed by atoms with E-state index in [1.807, 2.05) is 43.3 Å². The van der Waals surface area contributed by atoms with Crippen molar-refractivity contribution in [1.29, 1.82) is 0 Å². The lowest BCUT2D eigenvalue weighted by Crippen LogP contribution is -2.41. The molecule has 1 atom stereocenters. The van der Waals surface area contributed by atoms with Gasteiger partial charge in [0.2, 0.25) is 5.91 Å². The second-order valence-corrected chi connectivity index (χ2v) is 5.97. The Morgan fingerprint density at radius 3 is 2.88 bits per heavy atom. The molecule has 0 fully saturated rings. The first-order chi connectivity index (χ1) is 12.2. The van der Waals surface area contributed by atoms with Gasteiger partial charge in [0.05, 0.1) is 13.7 Å². The van der Waals surface area contributed by atoms with E-state index in [-0.39, 0.29) is 11.9 Å². The molecule has 0 spiro atoms. The number of hydrogen-bond donors (Lipinski definition) is 2. The van der Waals surface area contributed by atoms with E-state index in [4.69, 9.17) is 9.47 Å². The largest absolute Gasteiger partial charge is 0.493 e. The van der Waals surface area contributed by atoms with Crippen molar-refractivity contribution in [2.45, 2.75) is 25.9 Å². The first-order valence-electron chi connectivity index (χ1n) is 8.61. The molecule has 0 radical (unpaired) electrons. The fraction of sp³-hybridized carbons (Fsp3) is 0.350. The molecule has 0 bridgehead atoms. The van der Waals surface area contributed by atoms with Gasteiger partial charge >= 0.3 is 0 Å². The topological polar surface area (TPSA) is 59.6 Å². The zero-order valence-corrected chi connectivity index (χ0v) is 14.7. The number of nitrogens with one attached hydrogen (secondary N) is 2. The molecule has 1 aliphatic rings. The van der Waals surface area contributed by atoms with E-state index >= 15 is 0 Å². The Hall–Kier alpha value is -2.53. The van der Waals surface area contributed by atoms with Gasteiger partial charge in [-0.05, 0) is 42.2 Å². The third-order valence-electron chi connectivity index (χ3n) is 4.37. The highest BCUT2D eigenvalue weighted by molar-refractivity contribution is 5.84. The third kappa shape index (κ3) is 3.94. The van der Waals surface area contributed by atoms with Gasteiger partial charge in [0.15, 0.2) is 11.5 Å². The van der Waals surface area contributed by atoms with Crippen LogP contribution in [0.4, 0.5) is 0 Å². The van der Waals surface area contributed by atoms with E-state index in [9.17, 15) is 4.79 Å². The van der Waals surface area contributed by atoms with E-state index in [1.165, 1.54) is 5.56 Å². The molecular formula is C20H24N2O3. The maximum Gasteiger partial charge on any atom is 0.242 e. The van der Waals surface area contributed by atoms with Crippen molar-refractivity contribution in [3.05, 3.63) is 59.2 Å². The number of hydrogen-bond acceptors (Lipinski definition) is 4. The lowest BCUT2D eigenvalue weighted by molar-refractivity contribution is -0.123. The van der Waals surface area contributed by atoms with Crippen LogP contribution in [0.25, 0.3) is 0 Å². The number of amides is 1. The molecule has 0 saturated carbocycles. The van der Waals surface area contributed by atoms with Crippen LogP contribution >= 0.6 is 0 Å². The number of carbonyl (C=O) groups is 1. The smallest absolute Gasteiger partial charge is 0.242 e. The monoisotopic (exact) mass is 340 g/mol. The van der Waals surface area contributed by atoms with Gasteiger partial charge in [0, 0.05) is 13.1 Å². The van der Waals surface area contributed by atoms with Gasteiger partial charge in [0.25, 0.3) is 0 Å². The first kappa shape index (κ1) is 17.3. The summed E-state index contributed by atoms with van der Waals surface area (Å²) in [4.78, 5) is 12.6. The molecule has 1 unspecified atom stereocenters. The molecule has 5 nitrogen and oxygen atoms in total.